The van der Waals surface area contributed by atoms with Crippen LogP contribution < -0.4 is 14.8 Å². The Balaban J connectivity index is 1.74. The Labute approximate surface area is 191 Å². The highest BCUT2D eigenvalue weighted by Gasteiger charge is 2.28. The van der Waals surface area contributed by atoms with Crippen LogP contribution in [0.25, 0.3) is 17.0 Å². The van der Waals surface area contributed by atoms with Crippen LogP contribution in [0.15, 0.2) is 46.9 Å². The number of morpholine rings is 1. The minimum Gasteiger partial charge on any atom is -0.493 e. The van der Waals surface area contributed by atoms with E-state index >= 15 is 0 Å². The first-order valence-corrected chi connectivity index (χ1v) is 10.7. The molecule has 0 unspecified atom stereocenters. The average Bonchev–Trinajstić information content (AvgIpc) is 3.22. The summed E-state index contributed by atoms with van der Waals surface area (Å²) in [5.74, 6) is 0.376. The lowest BCUT2D eigenvalue weighted by Crippen LogP contribution is -2.40. The number of ether oxygens (including phenoxy) is 3. The number of furan rings is 1. The number of benzene rings is 2. The van der Waals surface area contributed by atoms with E-state index in [0.29, 0.717) is 65.6 Å². The average molecular weight is 450 g/mol. The van der Waals surface area contributed by atoms with E-state index in [-0.39, 0.29) is 11.7 Å². The molecule has 2 heterocycles. The van der Waals surface area contributed by atoms with Gasteiger partial charge in [-0.15, -0.1) is 0 Å². The quantitative estimate of drug-likeness (QED) is 0.605. The van der Waals surface area contributed by atoms with E-state index in [2.05, 4.69) is 5.32 Å². The molecular weight excluding hydrogens is 424 g/mol. The molecule has 1 aliphatic heterocycles. The summed E-state index contributed by atoms with van der Waals surface area (Å²) < 4.78 is 22.1. The van der Waals surface area contributed by atoms with Crippen molar-refractivity contribution in [1.29, 1.82) is 0 Å². The van der Waals surface area contributed by atoms with Crippen LogP contribution in [0.5, 0.6) is 11.5 Å². The molecule has 33 heavy (non-hydrogen) atoms. The van der Waals surface area contributed by atoms with Crippen molar-refractivity contribution >= 4 is 34.5 Å². The van der Waals surface area contributed by atoms with E-state index in [1.54, 1.807) is 30.2 Å². The van der Waals surface area contributed by atoms with Gasteiger partial charge >= 0.3 is 0 Å². The summed E-state index contributed by atoms with van der Waals surface area (Å²) in [7, 11) is 3.06. The van der Waals surface area contributed by atoms with Gasteiger partial charge in [0.25, 0.3) is 11.8 Å². The van der Waals surface area contributed by atoms with Gasteiger partial charge in [0.1, 0.15) is 11.3 Å². The summed E-state index contributed by atoms with van der Waals surface area (Å²) in [4.78, 5) is 28.2. The maximum atomic E-state index is 13.3. The molecule has 4 rings (SSSR count). The summed E-state index contributed by atoms with van der Waals surface area (Å²) in [6.45, 7) is 3.73. The first kappa shape index (κ1) is 22.4. The second kappa shape index (κ2) is 9.79. The Morgan fingerprint density at radius 3 is 2.55 bits per heavy atom. The summed E-state index contributed by atoms with van der Waals surface area (Å²) in [6, 6.07) is 10.5. The van der Waals surface area contributed by atoms with Crippen LogP contribution in [0.1, 0.15) is 33.4 Å². The first-order chi connectivity index (χ1) is 16.1. The lowest BCUT2D eigenvalue weighted by atomic mass is 10.1. The third-order valence-corrected chi connectivity index (χ3v) is 5.44. The summed E-state index contributed by atoms with van der Waals surface area (Å²) in [6.07, 6.45) is 3.68. The van der Waals surface area contributed by atoms with E-state index in [1.165, 1.54) is 7.11 Å². The Morgan fingerprint density at radius 2 is 1.85 bits per heavy atom. The summed E-state index contributed by atoms with van der Waals surface area (Å²) in [5, 5.41) is 3.55. The number of fused-ring (bicyclic) bond motifs is 1. The standard InChI is InChI=1S/C25H26N2O6/c1-4-7-16-14-17(15-20(30-2)22(16)31-3)24(28)26-21-18-8-5-6-9-19(18)33-23(21)25(29)27-10-12-32-13-11-27/h4-9,14-15H,10-13H2,1-3H3,(H,26,28)/b7-4+. The number of nitrogens with one attached hydrogen (secondary N) is 1. The minimum absolute atomic E-state index is 0.0978. The van der Waals surface area contributed by atoms with Crippen LogP contribution in [0.4, 0.5) is 5.69 Å². The van der Waals surface area contributed by atoms with Gasteiger partial charge in [0.15, 0.2) is 11.5 Å². The Hall–Kier alpha value is -3.78. The van der Waals surface area contributed by atoms with Crippen molar-refractivity contribution < 1.29 is 28.2 Å². The molecule has 3 aromatic rings. The predicted octanol–water partition coefficient (Wildman–Crippen LogP) is 4.21. The van der Waals surface area contributed by atoms with Crippen molar-refractivity contribution in [2.45, 2.75) is 6.92 Å². The molecule has 0 atom stereocenters. The third-order valence-electron chi connectivity index (χ3n) is 5.44. The highest BCUT2D eigenvalue weighted by molar-refractivity contribution is 6.14. The topological polar surface area (TPSA) is 90.2 Å². The van der Waals surface area contributed by atoms with Gasteiger partial charge in [-0.3, -0.25) is 9.59 Å². The minimum atomic E-state index is -0.399. The van der Waals surface area contributed by atoms with Gasteiger partial charge in [-0.1, -0.05) is 24.3 Å². The Kier molecular flexibility index (Phi) is 6.65. The van der Waals surface area contributed by atoms with Gasteiger partial charge < -0.3 is 28.8 Å². The van der Waals surface area contributed by atoms with Gasteiger partial charge in [0.2, 0.25) is 5.76 Å². The molecule has 1 saturated heterocycles. The SMILES string of the molecule is C/C=C/c1cc(C(=O)Nc2c(C(=O)N3CCOCC3)oc3ccccc23)cc(OC)c1OC. The molecule has 2 amide bonds. The van der Waals surface area contributed by atoms with Crippen molar-refractivity contribution in [2.24, 2.45) is 0 Å². The second-order valence-corrected chi connectivity index (χ2v) is 7.46. The van der Waals surface area contributed by atoms with Crippen LogP contribution in [0.3, 0.4) is 0 Å². The zero-order chi connectivity index (χ0) is 23.4. The van der Waals surface area contributed by atoms with E-state index < -0.39 is 5.91 Å². The molecular formula is C25H26N2O6. The maximum Gasteiger partial charge on any atom is 0.291 e. The highest BCUT2D eigenvalue weighted by Crippen LogP contribution is 2.35. The number of allylic oxidation sites excluding steroid dienone is 1. The number of rotatable bonds is 6. The number of anilines is 1. The normalized spacial score (nSPS) is 14.0. The number of carbonyl (C=O) groups is 2. The number of methoxy groups -OCH3 is 2. The third kappa shape index (κ3) is 4.42. The van der Waals surface area contributed by atoms with Gasteiger partial charge in [-0.05, 0) is 31.2 Å². The summed E-state index contributed by atoms with van der Waals surface area (Å²) >= 11 is 0. The van der Waals surface area contributed by atoms with Crippen molar-refractivity contribution in [3.05, 3.63) is 59.4 Å². The molecule has 2 aromatic carbocycles. The number of carbonyl (C=O) groups excluding carboxylic acids is 2. The molecule has 1 aromatic heterocycles. The predicted molar refractivity (Wildman–Crippen MR) is 125 cm³/mol. The van der Waals surface area contributed by atoms with E-state index in [1.807, 2.05) is 37.3 Å². The molecule has 1 N–H and O–H groups in total. The molecule has 172 valence electrons. The fourth-order valence-corrected chi connectivity index (χ4v) is 3.84. The number of hydrogen-bond donors (Lipinski definition) is 1. The second-order valence-electron chi connectivity index (χ2n) is 7.46. The van der Waals surface area contributed by atoms with Crippen molar-refractivity contribution in [3.8, 4) is 11.5 Å². The summed E-state index contributed by atoms with van der Waals surface area (Å²) in [5.41, 5.74) is 1.92. The molecule has 8 heteroatoms. The van der Waals surface area contributed by atoms with Crippen LogP contribution >= 0.6 is 0 Å². The Bertz CT molecular complexity index is 1210. The van der Waals surface area contributed by atoms with Crippen LogP contribution in [-0.4, -0.2) is 57.2 Å². The number of para-hydroxylation sites is 1. The zero-order valence-electron chi connectivity index (χ0n) is 18.8. The smallest absolute Gasteiger partial charge is 0.291 e. The van der Waals surface area contributed by atoms with Gasteiger partial charge in [-0.2, -0.15) is 0 Å². The first-order valence-electron chi connectivity index (χ1n) is 10.7. The fraction of sp³-hybridized carbons (Fsp3) is 0.280. The molecule has 0 saturated carbocycles. The van der Waals surface area contributed by atoms with Crippen LogP contribution in [0.2, 0.25) is 0 Å². The van der Waals surface area contributed by atoms with E-state index in [9.17, 15) is 9.59 Å². The molecule has 0 radical (unpaired) electrons. The molecule has 8 nitrogen and oxygen atoms in total. The Morgan fingerprint density at radius 1 is 1.09 bits per heavy atom. The van der Waals surface area contributed by atoms with Gasteiger partial charge in [0.05, 0.1) is 27.4 Å². The lowest BCUT2D eigenvalue weighted by molar-refractivity contribution is 0.0285. The van der Waals surface area contributed by atoms with Gasteiger partial charge in [0, 0.05) is 29.6 Å². The monoisotopic (exact) mass is 450 g/mol. The number of nitrogens with zero attached hydrogens (tertiary/aromatic N) is 1. The fourth-order valence-electron chi connectivity index (χ4n) is 3.84. The number of hydrogen-bond acceptors (Lipinski definition) is 6. The van der Waals surface area contributed by atoms with Crippen molar-refractivity contribution in [1.82, 2.24) is 4.90 Å². The zero-order valence-corrected chi connectivity index (χ0v) is 18.8. The van der Waals surface area contributed by atoms with Crippen molar-refractivity contribution in [2.75, 3.05) is 45.8 Å². The molecule has 0 aliphatic carbocycles. The van der Waals surface area contributed by atoms with E-state index in [0.717, 1.165) is 0 Å². The van der Waals surface area contributed by atoms with Crippen LogP contribution in [-0.2, 0) is 4.74 Å². The largest absolute Gasteiger partial charge is 0.493 e. The highest BCUT2D eigenvalue weighted by atomic mass is 16.5. The van der Waals surface area contributed by atoms with Gasteiger partial charge in [-0.25, -0.2) is 0 Å². The van der Waals surface area contributed by atoms with E-state index in [4.69, 9.17) is 18.6 Å². The van der Waals surface area contributed by atoms with Crippen LogP contribution in [0, 0.1) is 0 Å². The molecule has 0 spiro atoms. The lowest BCUT2D eigenvalue weighted by Gasteiger charge is -2.26. The molecule has 1 fully saturated rings. The maximum absolute atomic E-state index is 13.3. The molecule has 1 aliphatic rings. The number of amides is 2. The molecule has 0 bridgehead atoms. The van der Waals surface area contributed by atoms with Crippen molar-refractivity contribution in [3.63, 3.8) is 0 Å².